The summed E-state index contributed by atoms with van der Waals surface area (Å²) in [6.45, 7) is 3.67. The van der Waals surface area contributed by atoms with Crippen LogP contribution < -0.4 is 5.32 Å². The molecule has 17 heavy (non-hydrogen) atoms. The van der Waals surface area contributed by atoms with Gasteiger partial charge in [-0.1, -0.05) is 0 Å². The van der Waals surface area contributed by atoms with E-state index in [9.17, 15) is 10.1 Å². The van der Waals surface area contributed by atoms with Crippen LogP contribution in [0.1, 0.15) is 13.3 Å². The minimum Gasteiger partial charge on any atom is -0.371 e. The highest BCUT2D eigenvalue weighted by molar-refractivity contribution is 7.14. The number of hydrogen-bond acceptors (Lipinski definition) is 6. The van der Waals surface area contributed by atoms with Gasteiger partial charge in [-0.05, 0) is 12.3 Å². The quantitative estimate of drug-likeness (QED) is 0.647. The van der Waals surface area contributed by atoms with Crippen LogP contribution in [0.3, 0.4) is 0 Å². The van der Waals surface area contributed by atoms with Crippen molar-refractivity contribution in [2.45, 2.75) is 19.1 Å². The van der Waals surface area contributed by atoms with Crippen molar-refractivity contribution < 1.29 is 14.4 Å². The average molecular weight is 258 g/mol. The van der Waals surface area contributed by atoms with Crippen LogP contribution in [0.15, 0.2) is 11.4 Å². The van der Waals surface area contributed by atoms with Crippen molar-refractivity contribution in [3.63, 3.8) is 0 Å². The lowest BCUT2D eigenvalue weighted by Crippen LogP contribution is -2.28. The van der Waals surface area contributed by atoms with Gasteiger partial charge in [-0.15, -0.1) is 11.3 Å². The van der Waals surface area contributed by atoms with Crippen LogP contribution in [0, 0.1) is 10.1 Å². The van der Waals surface area contributed by atoms with Crippen LogP contribution >= 0.6 is 11.3 Å². The van der Waals surface area contributed by atoms with E-state index >= 15 is 0 Å². The Kier molecular flexibility index (Phi) is 3.60. The molecule has 1 aliphatic rings. The van der Waals surface area contributed by atoms with E-state index in [1.165, 1.54) is 17.4 Å². The van der Waals surface area contributed by atoms with E-state index in [0.717, 1.165) is 0 Å². The lowest BCUT2D eigenvalue weighted by Gasteiger charge is -2.22. The highest BCUT2D eigenvalue weighted by Gasteiger charge is 2.30. The molecule has 0 aromatic carbocycles. The molecule has 0 spiro atoms. The van der Waals surface area contributed by atoms with Gasteiger partial charge in [-0.25, -0.2) is 0 Å². The van der Waals surface area contributed by atoms with Crippen molar-refractivity contribution in [1.29, 1.82) is 0 Å². The first-order chi connectivity index (χ1) is 8.11. The molecular weight excluding hydrogens is 244 g/mol. The van der Waals surface area contributed by atoms with Crippen molar-refractivity contribution in [3.05, 3.63) is 21.6 Å². The maximum absolute atomic E-state index is 10.7. The average Bonchev–Trinajstić information content (AvgIpc) is 2.87. The van der Waals surface area contributed by atoms with Gasteiger partial charge in [0.05, 0.1) is 18.1 Å². The van der Waals surface area contributed by atoms with Gasteiger partial charge in [0.25, 0.3) is 0 Å². The molecule has 94 valence electrons. The summed E-state index contributed by atoms with van der Waals surface area (Å²) in [4.78, 5) is 10.3. The predicted molar refractivity (Wildman–Crippen MR) is 64.4 cm³/mol. The van der Waals surface area contributed by atoms with Gasteiger partial charge < -0.3 is 14.8 Å². The Morgan fingerprint density at radius 2 is 2.29 bits per heavy atom. The summed E-state index contributed by atoms with van der Waals surface area (Å²) in [6.07, 6.45) is 0.655. The number of thiophene rings is 1. The van der Waals surface area contributed by atoms with Gasteiger partial charge in [0.2, 0.25) is 0 Å². The SMILES string of the molecule is CC1(CCNc2sccc2[N+](=O)[O-])OCCO1. The van der Waals surface area contributed by atoms with Gasteiger partial charge in [0, 0.05) is 19.0 Å². The lowest BCUT2D eigenvalue weighted by molar-refractivity contribution is -0.383. The molecule has 0 radical (unpaired) electrons. The minimum absolute atomic E-state index is 0.119. The predicted octanol–water partition coefficient (Wildman–Crippen LogP) is 2.22. The molecule has 0 amide bonds. The van der Waals surface area contributed by atoms with E-state index in [4.69, 9.17) is 9.47 Å². The third-order valence-electron chi connectivity index (χ3n) is 2.60. The number of nitro groups is 1. The van der Waals surface area contributed by atoms with Crippen molar-refractivity contribution in [2.75, 3.05) is 25.1 Å². The number of nitrogens with zero attached hydrogens (tertiary/aromatic N) is 1. The zero-order chi connectivity index (χ0) is 12.3. The second-order valence-electron chi connectivity index (χ2n) is 3.90. The van der Waals surface area contributed by atoms with E-state index in [0.29, 0.717) is 31.2 Å². The van der Waals surface area contributed by atoms with E-state index in [2.05, 4.69) is 5.32 Å². The summed E-state index contributed by atoms with van der Waals surface area (Å²) in [5.74, 6) is -0.557. The number of ether oxygens (including phenoxy) is 2. The standard InChI is InChI=1S/C10H14N2O4S/c1-10(15-5-6-16-10)3-4-11-9-8(12(13)14)2-7-17-9/h2,7,11H,3-6H2,1H3. The topological polar surface area (TPSA) is 73.6 Å². The normalized spacial score (nSPS) is 18.2. The van der Waals surface area contributed by atoms with Gasteiger partial charge in [0.15, 0.2) is 10.8 Å². The number of hydrogen-bond donors (Lipinski definition) is 1. The second kappa shape index (κ2) is 4.99. The molecule has 0 saturated carbocycles. The smallest absolute Gasteiger partial charge is 0.303 e. The van der Waals surface area contributed by atoms with Crippen molar-refractivity contribution >= 4 is 22.0 Å². The largest absolute Gasteiger partial charge is 0.371 e. The van der Waals surface area contributed by atoms with Crippen LogP contribution in [-0.4, -0.2) is 30.5 Å². The lowest BCUT2D eigenvalue weighted by atomic mass is 10.2. The van der Waals surface area contributed by atoms with Gasteiger partial charge in [-0.2, -0.15) is 0 Å². The Balaban J connectivity index is 1.85. The fraction of sp³-hybridized carbons (Fsp3) is 0.600. The molecule has 1 aromatic heterocycles. The third kappa shape index (κ3) is 2.93. The summed E-state index contributed by atoms with van der Waals surface area (Å²) >= 11 is 1.32. The Labute approximate surface area is 103 Å². The fourth-order valence-corrected chi connectivity index (χ4v) is 2.46. The van der Waals surface area contributed by atoms with E-state index < -0.39 is 5.79 Å². The van der Waals surface area contributed by atoms with Crippen LogP contribution in [0.25, 0.3) is 0 Å². The molecular formula is C10H14N2O4S. The molecule has 1 aromatic rings. The van der Waals surface area contributed by atoms with Crippen molar-refractivity contribution in [1.82, 2.24) is 0 Å². The molecule has 7 heteroatoms. The molecule has 6 nitrogen and oxygen atoms in total. The van der Waals surface area contributed by atoms with E-state index in [-0.39, 0.29) is 10.6 Å². The zero-order valence-corrected chi connectivity index (χ0v) is 10.3. The van der Waals surface area contributed by atoms with Gasteiger partial charge >= 0.3 is 5.69 Å². The highest BCUT2D eigenvalue weighted by atomic mass is 32.1. The molecule has 1 fully saturated rings. The summed E-state index contributed by atoms with van der Waals surface area (Å²) in [6, 6.07) is 1.50. The maximum Gasteiger partial charge on any atom is 0.303 e. The van der Waals surface area contributed by atoms with Crippen LogP contribution in [0.5, 0.6) is 0 Å². The van der Waals surface area contributed by atoms with E-state index in [1.54, 1.807) is 5.38 Å². The van der Waals surface area contributed by atoms with Crippen molar-refractivity contribution in [3.8, 4) is 0 Å². The van der Waals surface area contributed by atoms with Crippen LogP contribution in [0.4, 0.5) is 10.7 Å². The second-order valence-corrected chi connectivity index (χ2v) is 4.82. The summed E-state index contributed by atoms with van der Waals surface area (Å²) in [5.41, 5.74) is 0.119. The monoisotopic (exact) mass is 258 g/mol. The Hall–Kier alpha value is -1.18. The molecule has 1 aliphatic heterocycles. The Morgan fingerprint density at radius 3 is 2.94 bits per heavy atom. The number of anilines is 1. The summed E-state index contributed by atoms with van der Waals surface area (Å²) in [7, 11) is 0. The summed E-state index contributed by atoms with van der Waals surface area (Å²) in [5, 5.41) is 16.0. The van der Waals surface area contributed by atoms with Gasteiger partial charge in [0.1, 0.15) is 0 Å². The molecule has 0 unspecified atom stereocenters. The highest BCUT2D eigenvalue weighted by Crippen LogP contribution is 2.31. The Bertz CT molecular complexity index is 401. The molecule has 1 saturated heterocycles. The number of nitrogens with one attached hydrogen (secondary N) is 1. The van der Waals surface area contributed by atoms with Gasteiger partial charge in [-0.3, -0.25) is 10.1 Å². The summed E-state index contributed by atoms with van der Waals surface area (Å²) < 4.78 is 10.9. The first-order valence-electron chi connectivity index (χ1n) is 5.34. The van der Waals surface area contributed by atoms with Crippen molar-refractivity contribution in [2.24, 2.45) is 0 Å². The first kappa shape index (κ1) is 12.3. The molecule has 0 atom stereocenters. The molecule has 2 rings (SSSR count). The van der Waals surface area contributed by atoms with Crippen LogP contribution in [0.2, 0.25) is 0 Å². The molecule has 1 N–H and O–H groups in total. The fourth-order valence-electron chi connectivity index (χ4n) is 1.68. The maximum atomic E-state index is 10.7. The van der Waals surface area contributed by atoms with Crippen LogP contribution in [-0.2, 0) is 9.47 Å². The number of rotatable bonds is 5. The molecule has 0 aliphatic carbocycles. The Morgan fingerprint density at radius 1 is 1.59 bits per heavy atom. The molecule has 0 bridgehead atoms. The van der Waals surface area contributed by atoms with E-state index in [1.807, 2.05) is 6.92 Å². The molecule has 2 heterocycles. The first-order valence-corrected chi connectivity index (χ1v) is 6.22. The minimum atomic E-state index is -0.557. The third-order valence-corrected chi connectivity index (χ3v) is 3.47. The zero-order valence-electron chi connectivity index (χ0n) is 9.47.